The zero-order valence-electron chi connectivity index (χ0n) is 9.73. The molecular weight excluding hydrogens is 212 g/mol. The first kappa shape index (κ1) is 10.4. The van der Waals surface area contributed by atoms with Gasteiger partial charge in [-0.15, -0.1) is 0 Å². The Bertz CT molecular complexity index is 505. The second kappa shape index (κ2) is 4.26. The maximum atomic E-state index is 5.99. The molecule has 1 aromatic carbocycles. The molecule has 0 saturated carbocycles. The number of fused-ring (bicyclic) bond motifs is 1. The summed E-state index contributed by atoms with van der Waals surface area (Å²) in [4.78, 5) is 2.39. The van der Waals surface area contributed by atoms with Gasteiger partial charge in [-0.1, -0.05) is 12.1 Å². The van der Waals surface area contributed by atoms with Crippen molar-refractivity contribution in [2.75, 3.05) is 12.3 Å². The van der Waals surface area contributed by atoms with Crippen molar-refractivity contribution in [1.29, 1.82) is 0 Å². The molecule has 0 atom stereocenters. The molecule has 0 saturated heterocycles. The summed E-state index contributed by atoms with van der Waals surface area (Å²) in [6.45, 7) is 2.88. The highest BCUT2D eigenvalue weighted by Gasteiger charge is 2.18. The lowest BCUT2D eigenvalue weighted by Gasteiger charge is -2.28. The lowest BCUT2D eigenvalue weighted by Crippen LogP contribution is -2.30. The van der Waals surface area contributed by atoms with Gasteiger partial charge in [-0.05, 0) is 35.7 Å². The third-order valence-corrected chi connectivity index (χ3v) is 3.34. The molecule has 17 heavy (non-hydrogen) atoms. The normalized spacial score (nSPS) is 15.8. The maximum absolute atomic E-state index is 5.99. The summed E-state index contributed by atoms with van der Waals surface area (Å²) in [5.74, 6) is 1.03. The summed E-state index contributed by atoms with van der Waals surface area (Å²) in [6.07, 6.45) is 2.76. The lowest BCUT2D eigenvalue weighted by atomic mass is 9.98. The first-order chi connectivity index (χ1) is 8.33. The predicted octanol–water partition coefficient (Wildman–Crippen LogP) is 2.42. The molecule has 1 aliphatic heterocycles. The summed E-state index contributed by atoms with van der Waals surface area (Å²) >= 11 is 0. The van der Waals surface area contributed by atoms with Crippen molar-refractivity contribution >= 4 is 5.69 Å². The standard InChI is InChI=1S/C14H16N2O/c15-14-5-1-3-11-9-16(7-6-13(11)14)10-12-4-2-8-17-12/h1-5,8H,6-7,9-10,15H2. The van der Waals surface area contributed by atoms with Crippen LogP contribution in [0.2, 0.25) is 0 Å². The third-order valence-electron chi connectivity index (χ3n) is 3.34. The number of anilines is 1. The van der Waals surface area contributed by atoms with E-state index in [2.05, 4.69) is 11.0 Å². The van der Waals surface area contributed by atoms with Gasteiger partial charge in [0.15, 0.2) is 0 Å². The molecule has 0 aliphatic carbocycles. The molecule has 0 amide bonds. The Morgan fingerprint density at radius 2 is 2.18 bits per heavy atom. The molecule has 3 nitrogen and oxygen atoms in total. The van der Waals surface area contributed by atoms with E-state index in [1.165, 1.54) is 11.1 Å². The molecule has 2 heterocycles. The van der Waals surface area contributed by atoms with Crippen LogP contribution < -0.4 is 5.73 Å². The average Bonchev–Trinajstić information content (AvgIpc) is 2.82. The van der Waals surface area contributed by atoms with Crippen LogP contribution in [0, 0.1) is 0 Å². The van der Waals surface area contributed by atoms with E-state index in [-0.39, 0.29) is 0 Å². The molecule has 2 N–H and O–H groups in total. The van der Waals surface area contributed by atoms with Crippen molar-refractivity contribution in [1.82, 2.24) is 4.90 Å². The van der Waals surface area contributed by atoms with E-state index in [0.29, 0.717) is 0 Å². The highest BCUT2D eigenvalue weighted by atomic mass is 16.3. The highest BCUT2D eigenvalue weighted by molar-refractivity contribution is 5.51. The number of nitrogens with zero attached hydrogens (tertiary/aromatic N) is 1. The van der Waals surface area contributed by atoms with E-state index < -0.39 is 0 Å². The first-order valence-electron chi connectivity index (χ1n) is 5.94. The van der Waals surface area contributed by atoms with Gasteiger partial charge in [-0.25, -0.2) is 0 Å². The quantitative estimate of drug-likeness (QED) is 0.803. The van der Waals surface area contributed by atoms with E-state index >= 15 is 0 Å². The van der Waals surface area contributed by atoms with Crippen LogP contribution in [0.1, 0.15) is 16.9 Å². The van der Waals surface area contributed by atoms with Crippen molar-refractivity contribution in [2.24, 2.45) is 0 Å². The molecular formula is C14H16N2O. The van der Waals surface area contributed by atoms with Crippen molar-refractivity contribution in [2.45, 2.75) is 19.5 Å². The fourth-order valence-electron chi connectivity index (χ4n) is 2.46. The van der Waals surface area contributed by atoms with Crippen LogP contribution in [0.3, 0.4) is 0 Å². The van der Waals surface area contributed by atoms with Gasteiger partial charge in [-0.3, -0.25) is 4.90 Å². The van der Waals surface area contributed by atoms with Crippen LogP contribution in [0.25, 0.3) is 0 Å². The second-order valence-corrected chi connectivity index (χ2v) is 4.52. The number of nitrogens with two attached hydrogens (primary N) is 1. The Kier molecular flexibility index (Phi) is 2.61. The third kappa shape index (κ3) is 2.06. The van der Waals surface area contributed by atoms with Crippen LogP contribution >= 0.6 is 0 Å². The Balaban J connectivity index is 1.77. The Labute approximate surface area is 101 Å². The number of hydrogen-bond donors (Lipinski definition) is 1. The Morgan fingerprint density at radius 3 is 3.00 bits per heavy atom. The molecule has 1 aliphatic rings. The van der Waals surface area contributed by atoms with Gasteiger partial charge in [-0.2, -0.15) is 0 Å². The van der Waals surface area contributed by atoms with E-state index in [4.69, 9.17) is 10.2 Å². The topological polar surface area (TPSA) is 42.4 Å². The fraction of sp³-hybridized carbons (Fsp3) is 0.286. The predicted molar refractivity (Wildman–Crippen MR) is 67.4 cm³/mol. The van der Waals surface area contributed by atoms with Crippen LogP contribution in [-0.4, -0.2) is 11.4 Å². The minimum absolute atomic E-state index is 0.876. The van der Waals surface area contributed by atoms with Crippen molar-refractivity contribution in [3.8, 4) is 0 Å². The van der Waals surface area contributed by atoms with Gasteiger partial charge in [0, 0.05) is 18.8 Å². The van der Waals surface area contributed by atoms with Crippen LogP contribution in [0.5, 0.6) is 0 Å². The van der Waals surface area contributed by atoms with Gasteiger partial charge in [0.05, 0.1) is 12.8 Å². The molecule has 0 bridgehead atoms. The van der Waals surface area contributed by atoms with Crippen LogP contribution in [0.15, 0.2) is 41.0 Å². The van der Waals surface area contributed by atoms with E-state index in [1.54, 1.807) is 6.26 Å². The molecule has 3 rings (SSSR count). The summed E-state index contributed by atoms with van der Waals surface area (Å²) in [5.41, 5.74) is 9.59. The maximum Gasteiger partial charge on any atom is 0.117 e. The number of nitrogen functional groups attached to an aromatic ring is 1. The van der Waals surface area contributed by atoms with Gasteiger partial charge >= 0.3 is 0 Å². The smallest absolute Gasteiger partial charge is 0.117 e. The number of rotatable bonds is 2. The zero-order chi connectivity index (χ0) is 11.7. The summed E-state index contributed by atoms with van der Waals surface area (Å²) < 4.78 is 5.38. The molecule has 0 spiro atoms. The highest BCUT2D eigenvalue weighted by Crippen LogP contribution is 2.24. The summed E-state index contributed by atoms with van der Waals surface area (Å²) in [7, 11) is 0. The van der Waals surface area contributed by atoms with E-state index in [9.17, 15) is 0 Å². The second-order valence-electron chi connectivity index (χ2n) is 4.52. The van der Waals surface area contributed by atoms with E-state index in [1.807, 2.05) is 24.3 Å². The van der Waals surface area contributed by atoms with Crippen LogP contribution in [-0.2, 0) is 19.5 Å². The zero-order valence-corrected chi connectivity index (χ0v) is 9.73. The van der Waals surface area contributed by atoms with Gasteiger partial charge in [0.2, 0.25) is 0 Å². The molecule has 3 heteroatoms. The van der Waals surface area contributed by atoms with Gasteiger partial charge in [0.1, 0.15) is 5.76 Å². The van der Waals surface area contributed by atoms with Crippen molar-refractivity contribution in [3.63, 3.8) is 0 Å². The molecule has 1 aromatic heterocycles. The molecule has 0 fully saturated rings. The van der Waals surface area contributed by atoms with Crippen LogP contribution in [0.4, 0.5) is 5.69 Å². The SMILES string of the molecule is Nc1cccc2c1CCN(Cc1ccco1)C2. The Hall–Kier alpha value is -1.74. The molecule has 88 valence electrons. The minimum Gasteiger partial charge on any atom is -0.468 e. The van der Waals surface area contributed by atoms with Crippen molar-refractivity contribution < 1.29 is 4.42 Å². The number of furan rings is 1. The summed E-state index contributed by atoms with van der Waals surface area (Å²) in [6, 6.07) is 10.1. The Morgan fingerprint density at radius 1 is 1.24 bits per heavy atom. The lowest BCUT2D eigenvalue weighted by molar-refractivity contribution is 0.226. The molecule has 0 unspecified atom stereocenters. The van der Waals surface area contributed by atoms with E-state index in [0.717, 1.165) is 37.5 Å². The minimum atomic E-state index is 0.876. The van der Waals surface area contributed by atoms with Crippen molar-refractivity contribution in [3.05, 3.63) is 53.5 Å². The number of benzene rings is 1. The molecule has 2 aromatic rings. The van der Waals surface area contributed by atoms with Gasteiger partial charge < -0.3 is 10.2 Å². The monoisotopic (exact) mass is 228 g/mol. The number of hydrogen-bond acceptors (Lipinski definition) is 3. The summed E-state index contributed by atoms with van der Waals surface area (Å²) in [5, 5.41) is 0. The average molecular weight is 228 g/mol. The van der Waals surface area contributed by atoms with Gasteiger partial charge in [0.25, 0.3) is 0 Å². The molecule has 0 radical (unpaired) electrons. The fourth-order valence-corrected chi connectivity index (χ4v) is 2.46. The first-order valence-corrected chi connectivity index (χ1v) is 5.94. The largest absolute Gasteiger partial charge is 0.468 e.